The topological polar surface area (TPSA) is 41.6 Å². The summed E-state index contributed by atoms with van der Waals surface area (Å²) in [5, 5.41) is 0. The Labute approximate surface area is 93.5 Å². The zero-order valence-electron chi connectivity index (χ0n) is 9.26. The minimum Gasteiger partial charge on any atom is -0.370 e. The van der Waals surface area contributed by atoms with Gasteiger partial charge >= 0.3 is 6.18 Å². The molecular formula is C10H18F3N3. The molecule has 1 aliphatic heterocycles. The third kappa shape index (κ3) is 5.23. The number of hydrogen-bond donors (Lipinski definition) is 1. The van der Waals surface area contributed by atoms with Crippen LogP contribution in [0.15, 0.2) is 4.99 Å². The van der Waals surface area contributed by atoms with Gasteiger partial charge in [0.1, 0.15) is 0 Å². The number of alkyl halides is 3. The van der Waals surface area contributed by atoms with Crippen LogP contribution < -0.4 is 5.73 Å². The highest BCUT2D eigenvalue weighted by Gasteiger charge is 2.26. The Morgan fingerprint density at radius 2 is 1.69 bits per heavy atom. The number of rotatable bonds is 2. The second-order valence-electron chi connectivity index (χ2n) is 4.01. The number of hydrogen-bond acceptors (Lipinski definition) is 1. The molecule has 0 bridgehead atoms. The predicted molar refractivity (Wildman–Crippen MR) is 57.2 cm³/mol. The number of nitrogens with two attached hydrogens (primary N) is 1. The first kappa shape index (κ1) is 13.1. The van der Waals surface area contributed by atoms with Crippen molar-refractivity contribution in [1.82, 2.24) is 4.90 Å². The van der Waals surface area contributed by atoms with Crippen LogP contribution in [0.2, 0.25) is 0 Å². The Kier molecular flexibility index (Phi) is 4.89. The van der Waals surface area contributed by atoms with Gasteiger partial charge in [-0.05, 0) is 12.8 Å². The van der Waals surface area contributed by atoms with Crippen LogP contribution in [0.1, 0.15) is 32.1 Å². The van der Waals surface area contributed by atoms with Crippen LogP contribution in [0.3, 0.4) is 0 Å². The lowest BCUT2D eigenvalue weighted by molar-refractivity contribution is -0.132. The molecule has 0 radical (unpaired) electrons. The van der Waals surface area contributed by atoms with Gasteiger partial charge in [0.15, 0.2) is 5.96 Å². The Hall–Kier alpha value is -0.940. The number of guanidine groups is 1. The van der Waals surface area contributed by atoms with Crippen molar-refractivity contribution in [3.05, 3.63) is 0 Å². The molecule has 0 amide bonds. The van der Waals surface area contributed by atoms with Gasteiger partial charge in [0.05, 0.1) is 13.0 Å². The Bertz CT molecular complexity index is 230. The number of likely N-dealkylation sites (tertiary alicyclic amines) is 1. The summed E-state index contributed by atoms with van der Waals surface area (Å²) in [6.07, 6.45) is -0.659. The fraction of sp³-hybridized carbons (Fsp3) is 0.900. The maximum Gasteiger partial charge on any atom is 0.390 e. The molecule has 0 aliphatic carbocycles. The normalized spacial score (nSPS) is 19.7. The van der Waals surface area contributed by atoms with Crippen molar-refractivity contribution in [2.45, 2.75) is 38.3 Å². The molecule has 0 saturated carbocycles. The number of nitrogens with zero attached hydrogens (tertiary/aromatic N) is 2. The monoisotopic (exact) mass is 237 g/mol. The van der Waals surface area contributed by atoms with Crippen molar-refractivity contribution in [1.29, 1.82) is 0 Å². The van der Waals surface area contributed by atoms with Crippen LogP contribution in [-0.2, 0) is 0 Å². The quantitative estimate of drug-likeness (QED) is 0.590. The maximum absolute atomic E-state index is 11.9. The first-order valence-corrected chi connectivity index (χ1v) is 5.61. The molecule has 0 aromatic heterocycles. The van der Waals surface area contributed by atoms with E-state index in [1.54, 1.807) is 0 Å². The van der Waals surface area contributed by atoms with Gasteiger partial charge in [-0.15, -0.1) is 0 Å². The molecule has 2 N–H and O–H groups in total. The average molecular weight is 237 g/mol. The summed E-state index contributed by atoms with van der Waals surface area (Å²) in [6, 6.07) is 0. The van der Waals surface area contributed by atoms with E-state index in [9.17, 15) is 13.2 Å². The first-order chi connectivity index (χ1) is 7.49. The standard InChI is InChI=1S/C10H18F3N3/c11-10(12,13)5-6-15-9(14)16-7-3-1-2-4-8-16/h1-8H2,(H2,14,15). The molecule has 0 aromatic carbocycles. The summed E-state index contributed by atoms with van der Waals surface area (Å²) in [5.41, 5.74) is 5.66. The number of aliphatic imine (C=N–C) groups is 1. The highest BCUT2D eigenvalue weighted by molar-refractivity contribution is 5.78. The van der Waals surface area contributed by atoms with E-state index < -0.39 is 12.6 Å². The third-order valence-electron chi connectivity index (χ3n) is 2.60. The first-order valence-electron chi connectivity index (χ1n) is 5.61. The fourth-order valence-corrected chi connectivity index (χ4v) is 1.70. The zero-order chi connectivity index (χ0) is 12.0. The summed E-state index contributed by atoms with van der Waals surface area (Å²) in [4.78, 5) is 5.65. The van der Waals surface area contributed by atoms with Crippen molar-refractivity contribution in [3.63, 3.8) is 0 Å². The minimum absolute atomic E-state index is 0.256. The SMILES string of the molecule is NC(=NCCC(F)(F)F)N1CCCCCC1. The molecule has 6 heteroatoms. The van der Waals surface area contributed by atoms with E-state index in [0.29, 0.717) is 0 Å². The Morgan fingerprint density at radius 1 is 1.12 bits per heavy atom. The van der Waals surface area contributed by atoms with Gasteiger partial charge in [0.25, 0.3) is 0 Å². The third-order valence-corrected chi connectivity index (χ3v) is 2.60. The van der Waals surface area contributed by atoms with Gasteiger partial charge in [0.2, 0.25) is 0 Å². The van der Waals surface area contributed by atoms with Gasteiger partial charge in [-0.1, -0.05) is 12.8 Å². The van der Waals surface area contributed by atoms with Gasteiger partial charge in [-0.25, -0.2) is 0 Å². The molecular weight excluding hydrogens is 219 g/mol. The molecule has 1 aliphatic rings. The van der Waals surface area contributed by atoms with Crippen LogP contribution >= 0.6 is 0 Å². The van der Waals surface area contributed by atoms with Crippen molar-refractivity contribution >= 4 is 5.96 Å². The zero-order valence-corrected chi connectivity index (χ0v) is 9.26. The van der Waals surface area contributed by atoms with E-state index in [4.69, 9.17) is 5.73 Å². The van der Waals surface area contributed by atoms with E-state index in [2.05, 4.69) is 4.99 Å². The Morgan fingerprint density at radius 3 is 2.19 bits per heavy atom. The molecule has 1 fully saturated rings. The van der Waals surface area contributed by atoms with E-state index in [-0.39, 0.29) is 12.5 Å². The highest BCUT2D eigenvalue weighted by atomic mass is 19.4. The summed E-state index contributed by atoms with van der Waals surface area (Å²) >= 11 is 0. The average Bonchev–Trinajstić information content (AvgIpc) is 2.43. The summed E-state index contributed by atoms with van der Waals surface area (Å²) in [7, 11) is 0. The molecule has 0 spiro atoms. The van der Waals surface area contributed by atoms with Crippen LogP contribution in [0.5, 0.6) is 0 Å². The van der Waals surface area contributed by atoms with Crippen LogP contribution in [-0.4, -0.2) is 36.7 Å². The van der Waals surface area contributed by atoms with Crippen LogP contribution in [0.4, 0.5) is 13.2 Å². The van der Waals surface area contributed by atoms with Crippen LogP contribution in [0, 0.1) is 0 Å². The smallest absolute Gasteiger partial charge is 0.370 e. The number of halogens is 3. The summed E-state index contributed by atoms with van der Waals surface area (Å²) < 4.78 is 35.7. The summed E-state index contributed by atoms with van der Waals surface area (Å²) in [5.74, 6) is 0.256. The van der Waals surface area contributed by atoms with E-state index in [0.717, 1.165) is 38.8 Å². The molecule has 16 heavy (non-hydrogen) atoms. The van der Waals surface area contributed by atoms with Crippen LogP contribution in [0.25, 0.3) is 0 Å². The molecule has 3 nitrogen and oxygen atoms in total. The van der Waals surface area contributed by atoms with E-state index in [1.165, 1.54) is 0 Å². The fourth-order valence-electron chi connectivity index (χ4n) is 1.70. The lowest BCUT2D eigenvalue weighted by atomic mass is 10.2. The minimum atomic E-state index is -4.15. The second kappa shape index (κ2) is 5.96. The van der Waals surface area contributed by atoms with Crippen molar-refractivity contribution in [2.24, 2.45) is 10.7 Å². The van der Waals surface area contributed by atoms with Crippen molar-refractivity contribution in [2.75, 3.05) is 19.6 Å². The molecule has 0 unspecified atom stereocenters. The lowest BCUT2D eigenvalue weighted by Gasteiger charge is -2.21. The van der Waals surface area contributed by atoms with Crippen molar-refractivity contribution in [3.8, 4) is 0 Å². The van der Waals surface area contributed by atoms with E-state index >= 15 is 0 Å². The highest BCUT2D eigenvalue weighted by Crippen LogP contribution is 2.19. The summed E-state index contributed by atoms with van der Waals surface area (Å²) in [6.45, 7) is 1.34. The molecule has 1 saturated heterocycles. The molecule has 1 rings (SSSR count). The maximum atomic E-state index is 11.9. The van der Waals surface area contributed by atoms with Gasteiger partial charge in [-0.3, -0.25) is 4.99 Å². The Balaban J connectivity index is 2.36. The van der Waals surface area contributed by atoms with Gasteiger partial charge in [-0.2, -0.15) is 13.2 Å². The van der Waals surface area contributed by atoms with Gasteiger partial charge in [0, 0.05) is 13.1 Å². The van der Waals surface area contributed by atoms with Crippen molar-refractivity contribution < 1.29 is 13.2 Å². The van der Waals surface area contributed by atoms with Gasteiger partial charge < -0.3 is 10.6 Å². The molecule has 0 aromatic rings. The van der Waals surface area contributed by atoms with E-state index in [1.807, 2.05) is 4.90 Å². The lowest BCUT2D eigenvalue weighted by Crippen LogP contribution is -2.38. The second-order valence-corrected chi connectivity index (χ2v) is 4.01. The largest absolute Gasteiger partial charge is 0.390 e. The molecule has 1 heterocycles. The molecule has 0 atom stereocenters. The molecule has 94 valence electrons. The predicted octanol–water partition coefficient (Wildman–Crippen LogP) is 2.13.